The van der Waals surface area contributed by atoms with Crippen molar-refractivity contribution in [2.45, 2.75) is 19.4 Å². The van der Waals surface area contributed by atoms with Crippen molar-refractivity contribution in [1.82, 2.24) is 10.1 Å². The summed E-state index contributed by atoms with van der Waals surface area (Å²) in [7, 11) is 0. The molecule has 7 heteroatoms. The Balaban J connectivity index is 1.32. The number of carbonyl (C=O) groups excluding carboxylic acids is 2. The standard InChI is InChI=1S/C18H16N2O4S/c21-17(20-7-5-16-12(10-20)6-8-25-16)11-23-18(22)9-14-13-3-1-2-4-15(13)24-19-14/h1-4,6,8H,5,7,9-11H2. The van der Waals surface area contributed by atoms with Crippen molar-refractivity contribution in [2.24, 2.45) is 0 Å². The van der Waals surface area contributed by atoms with Gasteiger partial charge < -0.3 is 14.2 Å². The Morgan fingerprint density at radius 1 is 1.28 bits per heavy atom. The number of hydrogen-bond acceptors (Lipinski definition) is 6. The van der Waals surface area contributed by atoms with E-state index >= 15 is 0 Å². The van der Waals surface area contributed by atoms with Crippen LogP contribution in [-0.2, 0) is 33.7 Å². The molecule has 0 atom stereocenters. The number of ether oxygens (including phenoxy) is 1. The van der Waals surface area contributed by atoms with Gasteiger partial charge in [0.2, 0.25) is 0 Å². The number of aromatic nitrogens is 1. The summed E-state index contributed by atoms with van der Waals surface area (Å²) in [5.41, 5.74) is 2.33. The van der Waals surface area contributed by atoms with Crippen LogP contribution in [-0.4, -0.2) is 35.1 Å². The molecule has 25 heavy (non-hydrogen) atoms. The van der Waals surface area contributed by atoms with E-state index in [1.807, 2.05) is 29.6 Å². The predicted molar refractivity (Wildman–Crippen MR) is 92.1 cm³/mol. The molecule has 2 aromatic heterocycles. The van der Waals surface area contributed by atoms with E-state index in [0.29, 0.717) is 24.4 Å². The van der Waals surface area contributed by atoms with Crippen LogP contribution in [0.15, 0.2) is 40.2 Å². The molecule has 6 nitrogen and oxygen atoms in total. The number of thiophene rings is 1. The zero-order chi connectivity index (χ0) is 17.2. The molecule has 4 rings (SSSR count). The quantitative estimate of drug-likeness (QED) is 0.672. The van der Waals surface area contributed by atoms with Crippen molar-refractivity contribution in [2.75, 3.05) is 13.2 Å². The molecule has 1 amide bonds. The first-order valence-corrected chi connectivity index (χ1v) is 8.90. The molecule has 0 unspecified atom stereocenters. The van der Waals surface area contributed by atoms with Gasteiger partial charge in [0.1, 0.15) is 5.69 Å². The molecule has 3 aromatic rings. The van der Waals surface area contributed by atoms with Gasteiger partial charge in [-0.25, -0.2) is 0 Å². The highest BCUT2D eigenvalue weighted by molar-refractivity contribution is 7.10. The number of carbonyl (C=O) groups is 2. The normalized spacial score (nSPS) is 13.7. The van der Waals surface area contributed by atoms with Gasteiger partial charge >= 0.3 is 5.97 Å². The van der Waals surface area contributed by atoms with Crippen molar-refractivity contribution in [1.29, 1.82) is 0 Å². The molecule has 1 aliphatic heterocycles. The van der Waals surface area contributed by atoms with E-state index in [2.05, 4.69) is 5.16 Å². The van der Waals surface area contributed by atoms with E-state index in [1.165, 1.54) is 10.4 Å². The lowest BCUT2D eigenvalue weighted by atomic mass is 10.1. The van der Waals surface area contributed by atoms with Gasteiger partial charge in [0, 0.05) is 23.4 Å². The molecule has 128 valence electrons. The van der Waals surface area contributed by atoms with Gasteiger partial charge in [-0.1, -0.05) is 17.3 Å². The maximum Gasteiger partial charge on any atom is 0.312 e. The van der Waals surface area contributed by atoms with E-state index in [9.17, 15) is 9.59 Å². The number of fused-ring (bicyclic) bond motifs is 2. The Morgan fingerprint density at radius 2 is 2.16 bits per heavy atom. The van der Waals surface area contributed by atoms with Crippen LogP contribution in [0.5, 0.6) is 0 Å². The fourth-order valence-corrected chi connectivity index (χ4v) is 3.84. The van der Waals surface area contributed by atoms with Crippen molar-refractivity contribution in [3.63, 3.8) is 0 Å². The SMILES string of the molecule is O=C(Cc1noc2ccccc12)OCC(=O)N1CCc2sccc2C1. The zero-order valence-electron chi connectivity index (χ0n) is 13.4. The van der Waals surface area contributed by atoms with Crippen LogP contribution in [0.2, 0.25) is 0 Å². The number of para-hydroxylation sites is 1. The molecule has 0 fully saturated rings. The highest BCUT2D eigenvalue weighted by Gasteiger charge is 2.22. The predicted octanol–water partition coefficient (Wildman–Crippen LogP) is 2.56. The van der Waals surface area contributed by atoms with E-state index in [0.717, 1.165) is 11.8 Å². The van der Waals surface area contributed by atoms with E-state index < -0.39 is 5.97 Å². The largest absolute Gasteiger partial charge is 0.455 e. The number of nitrogens with zero attached hydrogens (tertiary/aromatic N) is 2. The topological polar surface area (TPSA) is 72.6 Å². The van der Waals surface area contributed by atoms with Crippen LogP contribution in [0, 0.1) is 0 Å². The third-order valence-corrected chi connectivity index (χ3v) is 5.30. The van der Waals surface area contributed by atoms with Crippen molar-refractivity contribution >= 4 is 34.2 Å². The highest BCUT2D eigenvalue weighted by Crippen LogP contribution is 2.24. The summed E-state index contributed by atoms with van der Waals surface area (Å²) >= 11 is 1.72. The summed E-state index contributed by atoms with van der Waals surface area (Å²) in [6.07, 6.45) is 0.844. The average Bonchev–Trinajstić information content (AvgIpc) is 3.26. The van der Waals surface area contributed by atoms with Gasteiger partial charge in [-0.05, 0) is 35.6 Å². The minimum absolute atomic E-state index is 0.0149. The summed E-state index contributed by atoms with van der Waals surface area (Å²) in [6.45, 7) is 1.01. The summed E-state index contributed by atoms with van der Waals surface area (Å²) in [5.74, 6) is -0.657. The first kappa shape index (κ1) is 15.8. The smallest absolute Gasteiger partial charge is 0.312 e. The van der Waals surface area contributed by atoms with Crippen LogP contribution in [0.25, 0.3) is 11.0 Å². The van der Waals surface area contributed by atoms with Crippen LogP contribution in [0.3, 0.4) is 0 Å². The van der Waals surface area contributed by atoms with Gasteiger partial charge in [0.05, 0.1) is 6.42 Å². The van der Waals surface area contributed by atoms with E-state index in [4.69, 9.17) is 9.26 Å². The number of amides is 1. The van der Waals surface area contributed by atoms with Crippen LogP contribution in [0.1, 0.15) is 16.1 Å². The third kappa shape index (κ3) is 3.28. The maximum atomic E-state index is 12.3. The number of esters is 1. The Bertz CT molecular complexity index is 930. The lowest BCUT2D eigenvalue weighted by Gasteiger charge is -2.26. The summed E-state index contributed by atoms with van der Waals surface area (Å²) < 4.78 is 10.3. The monoisotopic (exact) mass is 356 g/mol. The Hall–Kier alpha value is -2.67. The van der Waals surface area contributed by atoms with Crippen LogP contribution < -0.4 is 0 Å². The molecule has 3 heterocycles. The van der Waals surface area contributed by atoms with Crippen molar-refractivity contribution in [3.05, 3.63) is 51.8 Å². The summed E-state index contributed by atoms with van der Waals surface area (Å²) in [6, 6.07) is 9.36. The summed E-state index contributed by atoms with van der Waals surface area (Å²) in [5, 5.41) is 6.73. The molecular weight excluding hydrogens is 340 g/mol. The second-order valence-electron chi connectivity index (χ2n) is 5.90. The second-order valence-corrected chi connectivity index (χ2v) is 6.90. The zero-order valence-corrected chi connectivity index (χ0v) is 14.3. The Morgan fingerprint density at radius 3 is 3.08 bits per heavy atom. The molecule has 0 saturated carbocycles. The minimum Gasteiger partial charge on any atom is -0.455 e. The van der Waals surface area contributed by atoms with Crippen molar-refractivity contribution < 1.29 is 18.8 Å². The van der Waals surface area contributed by atoms with Crippen LogP contribution >= 0.6 is 11.3 Å². The molecule has 0 saturated heterocycles. The molecule has 1 aromatic carbocycles. The molecular formula is C18H16N2O4S. The lowest BCUT2D eigenvalue weighted by Crippen LogP contribution is -2.38. The molecule has 0 aliphatic carbocycles. The molecule has 0 radical (unpaired) electrons. The van der Waals surface area contributed by atoms with E-state index in [-0.39, 0.29) is 18.9 Å². The van der Waals surface area contributed by atoms with Gasteiger partial charge in [0.25, 0.3) is 5.91 Å². The second kappa shape index (κ2) is 6.68. The van der Waals surface area contributed by atoms with Crippen LogP contribution in [0.4, 0.5) is 0 Å². The molecule has 0 spiro atoms. The fourth-order valence-electron chi connectivity index (χ4n) is 2.95. The van der Waals surface area contributed by atoms with Gasteiger partial charge in [0.15, 0.2) is 12.2 Å². The Kier molecular flexibility index (Phi) is 4.23. The minimum atomic E-state index is -0.486. The first-order valence-electron chi connectivity index (χ1n) is 8.02. The fraction of sp³-hybridized carbons (Fsp3) is 0.278. The number of hydrogen-bond donors (Lipinski definition) is 0. The summed E-state index contributed by atoms with van der Waals surface area (Å²) in [4.78, 5) is 27.4. The lowest BCUT2D eigenvalue weighted by molar-refractivity contribution is -0.151. The average molecular weight is 356 g/mol. The van der Waals surface area contributed by atoms with Gasteiger partial charge in [-0.2, -0.15) is 0 Å². The molecule has 1 aliphatic rings. The number of rotatable bonds is 4. The highest BCUT2D eigenvalue weighted by atomic mass is 32.1. The van der Waals surface area contributed by atoms with Crippen molar-refractivity contribution in [3.8, 4) is 0 Å². The van der Waals surface area contributed by atoms with E-state index in [1.54, 1.807) is 22.3 Å². The maximum absolute atomic E-state index is 12.3. The first-order chi connectivity index (χ1) is 12.2. The Labute approximate surface area is 148 Å². The van der Waals surface area contributed by atoms with Gasteiger partial charge in [-0.3, -0.25) is 9.59 Å². The molecule has 0 bridgehead atoms. The number of benzene rings is 1. The van der Waals surface area contributed by atoms with Gasteiger partial charge in [-0.15, -0.1) is 11.3 Å². The molecule has 0 N–H and O–H groups in total. The third-order valence-electron chi connectivity index (χ3n) is 4.28.